The number of fused-ring (bicyclic) bond motifs is 1. The standard InChI is InChI=1S/C26H25N3O4S/c1-32-24-15-20-13-14-29(26(19-9-5-3-6-10-19)23(20)16-25(24)33-2)34(30,31)22-17-27-28(18-22)21-11-7-4-8-12-21/h3-12,15-18,26H,13-14H2,1-2H3. The summed E-state index contributed by atoms with van der Waals surface area (Å²) in [6.45, 7) is 0.334. The number of benzene rings is 3. The molecule has 174 valence electrons. The SMILES string of the molecule is COc1cc2c(cc1OC)C(c1ccccc1)N(S(=O)(=O)c1cnn(-c3ccccc3)c1)CC2. The first-order valence-corrected chi connectivity index (χ1v) is 12.4. The second-order valence-electron chi connectivity index (χ2n) is 8.04. The fourth-order valence-corrected chi connectivity index (χ4v) is 5.99. The first kappa shape index (κ1) is 22.2. The maximum absolute atomic E-state index is 13.9. The van der Waals surface area contributed by atoms with Gasteiger partial charge in [-0.05, 0) is 47.4 Å². The van der Waals surface area contributed by atoms with E-state index in [-0.39, 0.29) is 4.90 Å². The summed E-state index contributed by atoms with van der Waals surface area (Å²) in [4.78, 5) is 0.154. The van der Waals surface area contributed by atoms with Gasteiger partial charge in [0.2, 0.25) is 10.0 Å². The van der Waals surface area contributed by atoms with Gasteiger partial charge in [0.25, 0.3) is 0 Å². The smallest absolute Gasteiger partial charge is 0.247 e. The molecule has 3 aromatic carbocycles. The molecule has 0 amide bonds. The molecule has 1 aliphatic rings. The van der Waals surface area contributed by atoms with Gasteiger partial charge in [-0.15, -0.1) is 0 Å². The fraction of sp³-hybridized carbons (Fsp3) is 0.192. The van der Waals surface area contributed by atoms with Crippen LogP contribution in [0, 0.1) is 0 Å². The average molecular weight is 476 g/mol. The molecule has 0 N–H and O–H groups in total. The van der Waals surface area contributed by atoms with Crippen molar-refractivity contribution in [3.8, 4) is 17.2 Å². The molecule has 0 spiro atoms. The second-order valence-corrected chi connectivity index (χ2v) is 9.93. The molecule has 0 aliphatic carbocycles. The molecule has 1 atom stereocenters. The third-order valence-corrected chi connectivity index (χ3v) is 7.95. The molecule has 7 nitrogen and oxygen atoms in total. The van der Waals surface area contributed by atoms with E-state index in [1.807, 2.05) is 72.8 Å². The zero-order valence-corrected chi connectivity index (χ0v) is 19.8. The lowest BCUT2D eigenvalue weighted by Crippen LogP contribution is -2.40. The van der Waals surface area contributed by atoms with Gasteiger partial charge in [-0.1, -0.05) is 48.5 Å². The normalized spacial score (nSPS) is 16.1. The number of ether oxygens (including phenoxy) is 2. The van der Waals surface area contributed by atoms with Crippen molar-refractivity contribution < 1.29 is 17.9 Å². The summed E-state index contributed by atoms with van der Waals surface area (Å²) in [5.41, 5.74) is 3.60. The van der Waals surface area contributed by atoms with Crippen molar-refractivity contribution in [2.45, 2.75) is 17.4 Å². The Morgan fingerprint density at radius 3 is 2.24 bits per heavy atom. The van der Waals surface area contributed by atoms with Crippen LogP contribution in [0.25, 0.3) is 5.69 Å². The van der Waals surface area contributed by atoms with E-state index in [1.165, 1.54) is 6.20 Å². The largest absolute Gasteiger partial charge is 0.493 e. The minimum atomic E-state index is -3.85. The van der Waals surface area contributed by atoms with Crippen molar-refractivity contribution in [3.63, 3.8) is 0 Å². The number of hydrogen-bond donors (Lipinski definition) is 0. The number of nitrogens with zero attached hydrogens (tertiary/aromatic N) is 3. The molecule has 8 heteroatoms. The Morgan fingerprint density at radius 2 is 1.56 bits per heavy atom. The van der Waals surface area contributed by atoms with E-state index < -0.39 is 16.1 Å². The maximum atomic E-state index is 13.9. The van der Waals surface area contributed by atoms with Crippen molar-refractivity contribution in [2.75, 3.05) is 20.8 Å². The first-order valence-electron chi connectivity index (χ1n) is 10.9. The van der Waals surface area contributed by atoms with Crippen LogP contribution in [-0.2, 0) is 16.4 Å². The number of aromatic nitrogens is 2. The van der Waals surface area contributed by atoms with Gasteiger partial charge in [-0.3, -0.25) is 0 Å². The van der Waals surface area contributed by atoms with Gasteiger partial charge >= 0.3 is 0 Å². The first-order chi connectivity index (χ1) is 16.5. The molecule has 34 heavy (non-hydrogen) atoms. The Hall–Kier alpha value is -3.62. The highest BCUT2D eigenvalue weighted by molar-refractivity contribution is 7.89. The van der Waals surface area contributed by atoms with Crippen molar-refractivity contribution in [2.24, 2.45) is 0 Å². The lowest BCUT2D eigenvalue weighted by atomic mass is 9.89. The Kier molecular flexibility index (Phi) is 5.85. The Balaban J connectivity index is 1.62. The van der Waals surface area contributed by atoms with Gasteiger partial charge in [0.15, 0.2) is 11.5 Å². The van der Waals surface area contributed by atoms with Gasteiger partial charge in [-0.2, -0.15) is 9.40 Å². The zero-order valence-electron chi connectivity index (χ0n) is 19.0. The van der Waals surface area contributed by atoms with E-state index in [2.05, 4.69) is 5.10 Å². The predicted molar refractivity (Wildman–Crippen MR) is 129 cm³/mol. The molecule has 0 fully saturated rings. The van der Waals surface area contributed by atoms with Crippen LogP contribution in [0.3, 0.4) is 0 Å². The monoisotopic (exact) mass is 475 g/mol. The van der Waals surface area contributed by atoms with Crippen LogP contribution in [0.15, 0.2) is 90.1 Å². The molecule has 0 saturated carbocycles. The molecule has 1 aromatic heterocycles. The summed E-state index contributed by atoms with van der Waals surface area (Å²) >= 11 is 0. The summed E-state index contributed by atoms with van der Waals surface area (Å²) in [5, 5.41) is 4.31. The lowest BCUT2D eigenvalue weighted by Gasteiger charge is -2.37. The van der Waals surface area contributed by atoms with Crippen LogP contribution in [0.5, 0.6) is 11.5 Å². The molecule has 4 aromatic rings. The van der Waals surface area contributed by atoms with Crippen LogP contribution in [0.1, 0.15) is 22.7 Å². The summed E-state index contributed by atoms with van der Waals surface area (Å²) in [6, 6.07) is 22.4. The second kappa shape index (κ2) is 8.96. The highest BCUT2D eigenvalue weighted by Gasteiger charge is 2.38. The number of sulfonamides is 1. The lowest BCUT2D eigenvalue weighted by molar-refractivity contribution is 0.332. The highest BCUT2D eigenvalue weighted by Crippen LogP contribution is 2.43. The Labute approximate surface area is 199 Å². The molecule has 0 saturated heterocycles. The van der Waals surface area contributed by atoms with E-state index in [9.17, 15) is 8.42 Å². The Bertz CT molecular complexity index is 1400. The summed E-state index contributed by atoms with van der Waals surface area (Å²) in [7, 11) is -0.666. The third kappa shape index (κ3) is 3.85. The molecular formula is C26H25N3O4S. The molecule has 5 rings (SSSR count). The quantitative estimate of drug-likeness (QED) is 0.417. The fourth-order valence-electron chi connectivity index (χ4n) is 4.46. The van der Waals surface area contributed by atoms with Crippen LogP contribution >= 0.6 is 0 Å². The molecule has 0 radical (unpaired) electrons. The van der Waals surface area contributed by atoms with Gasteiger partial charge in [0.1, 0.15) is 4.90 Å². The average Bonchev–Trinajstić information content (AvgIpc) is 3.39. The minimum absolute atomic E-state index is 0.154. The van der Waals surface area contributed by atoms with E-state index in [0.29, 0.717) is 24.5 Å². The maximum Gasteiger partial charge on any atom is 0.247 e. The van der Waals surface area contributed by atoms with Crippen molar-refractivity contribution >= 4 is 10.0 Å². The molecule has 1 aliphatic heterocycles. The van der Waals surface area contributed by atoms with Crippen LogP contribution in [0.4, 0.5) is 0 Å². The summed E-state index contributed by atoms with van der Waals surface area (Å²) in [6.07, 6.45) is 3.54. The van der Waals surface area contributed by atoms with Crippen LogP contribution < -0.4 is 9.47 Å². The summed E-state index contributed by atoms with van der Waals surface area (Å²) < 4.78 is 42.0. The Morgan fingerprint density at radius 1 is 0.912 bits per heavy atom. The number of para-hydroxylation sites is 1. The number of rotatable bonds is 6. The third-order valence-electron chi connectivity index (χ3n) is 6.13. The van der Waals surface area contributed by atoms with Gasteiger partial charge in [0.05, 0.1) is 38.3 Å². The van der Waals surface area contributed by atoms with Crippen molar-refractivity contribution in [1.82, 2.24) is 14.1 Å². The van der Waals surface area contributed by atoms with Crippen molar-refractivity contribution in [3.05, 3.63) is 102 Å². The molecule has 1 unspecified atom stereocenters. The van der Waals surface area contributed by atoms with Gasteiger partial charge in [-0.25, -0.2) is 13.1 Å². The number of hydrogen-bond acceptors (Lipinski definition) is 5. The molecular weight excluding hydrogens is 450 g/mol. The molecule has 2 heterocycles. The summed E-state index contributed by atoms with van der Waals surface area (Å²) in [5.74, 6) is 1.20. The minimum Gasteiger partial charge on any atom is -0.493 e. The predicted octanol–water partition coefficient (Wildman–Crippen LogP) is 4.23. The van der Waals surface area contributed by atoms with E-state index >= 15 is 0 Å². The van der Waals surface area contributed by atoms with Crippen LogP contribution in [0.2, 0.25) is 0 Å². The van der Waals surface area contributed by atoms with Crippen LogP contribution in [-0.4, -0.2) is 43.3 Å². The van der Waals surface area contributed by atoms with Crippen molar-refractivity contribution in [1.29, 1.82) is 0 Å². The highest BCUT2D eigenvalue weighted by atomic mass is 32.2. The van der Waals surface area contributed by atoms with E-state index in [0.717, 1.165) is 22.4 Å². The zero-order chi connectivity index (χ0) is 23.7. The topological polar surface area (TPSA) is 73.7 Å². The number of methoxy groups -OCH3 is 2. The van der Waals surface area contributed by atoms with E-state index in [4.69, 9.17) is 9.47 Å². The van der Waals surface area contributed by atoms with E-state index in [1.54, 1.807) is 29.4 Å². The molecule has 0 bridgehead atoms. The van der Waals surface area contributed by atoms with Gasteiger partial charge in [0, 0.05) is 6.54 Å². The van der Waals surface area contributed by atoms with Gasteiger partial charge < -0.3 is 9.47 Å².